The predicted octanol–water partition coefficient (Wildman–Crippen LogP) is 3.51. The highest BCUT2D eigenvalue weighted by molar-refractivity contribution is 5.32. The smallest absolute Gasteiger partial charge is 0.131 e. The van der Waals surface area contributed by atoms with Crippen molar-refractivity contribution in [3.8, 4) is 5.75 Å². The number of ether oxygens (including phenoxy) is 1. The fourth-order valence-electron chi connectivity index (χ4n) is 2.28. The van der Waals surface area contributed by atoms with Gasteiger partial charge in [-0.2, -0.15) is 0 Å². The minimum absolute atomic E-state index is 0.0694. The van der Waals surface area contributed by atoms with Crippen molar-refractivity contribution in [3.05, 3.63) is 59.7 Å². The van der Waals surface area contributed by atoms with Gasteiger partial charge in [0.25, 0.3) is 0 Å². The van der Waals surface area contributed by atoms with Gasteiger partial charge in [-0.3, -0.25) is 4.98 Å². The van der Waals surface area contributed by atoms with Crippen LogP contribution in [0.4, 0.5) is 4.39 Å². The fourth-order valence-corrected chi connectivity index (χ4v) is 2.28. The van der Waals surface area contributed by atoms with Crippen molar-refractivity contribution in [1.29, 1.82) is 0 Å². The number of nitrogens with one attached hydrogen (secondary N) is 1. The van der Waals surface area contributed by atoms with E-state index in [2.05, 4.69) is 17.2 Å². The summed E-state index contributed by atoms with van der Waals surface area (Å²) < 4.78 is 19.3. The van der Waals surface area contributed by atoms with Crippen molar-refractivity contribution in [2.24, 2.45) is 0 Å². The average molecular weight is 288 g/mol. The van der Waals surface area contributed by atoms with Crippen LogP contribution in [0.3, 0.4) is 0 Å². The molecular formula is C17H21FN2O. The van der Waals surface area contributed by atoms with Gasteiger partial charge in [0.05, 0.1) is 7.11 Å². The minimum atomic E-state index is -0.244. The van der Waals surface area contributed by atoms with Crippen molar-refractivity contribution in [2.45, 2.75) is 25.8 Å². The molecule has 1 aromatic heterocycles. The molecule has 2 rings (SSSR count). The van der Waals surface area contributed by atoms with Gasteiger partial charge in [-0.1, -0.05) is 19.1 Å². The van der Waals surface area contributed by atoms with E-state index in [1.54, 1.807) is 18.3 Å². The predicted molar refractivity (Wildman–Crippen MR) is 81.9 cm³/mol. The van der Waals surface area contributed by atoms with Crippen LogP contribution in [0.15, 0.2) is 42.7 Å². The van der Waals surface area contributed by atoms with Gasteiger partial charge >= 0.3 is 0 Å². The van der Waals surface area contributed by atoms with Crippen molar-refractivity contribution >= 4 is 0 Å². The Morgan fingerprint density at radius 2 is 2.19 bits per heavy atom. The molecule has 2 aromatic rings. The van der Waals surface area contributed by atoms with Gasteiger partial charge in [0.1, 0.15) is 11.6 Å². The Hall–Kier alpha value is -1.94. The van der Waals surface area contributed by atoms with Crippen LogP contribution >= 0.6 is 0 Å². The van der Waals surface area contributed by atoms with Crippen LogP contribution in [0.25, 0.3) is 0 Å². The second kappa shape index (κ2) is 7.74. The van der Waals surface area contributed by atoms with Gasteiger partial charge in [0, 0.05) is 30.1 Å². The molecule has 0 spiro atoms. The van der Waals surface area contributed by atoms with E-state index in [4.69, 9.17) is 4.74 Å². The third-order valence-electron chi connectivity index (χ3n) is 3.39. The standard InChI is InChI=1S/C17H21FN2O/c1-3-8-20-17(10-13-5-4-9-19-12-13)15-7-6-14(21-2)11-16(15)18/h4-7,9,11-12,17,20H,3,8,10H2,1-2H3. The molecule has 1 N–H and O–H groups in total. The SMILES string of the molecule is CCCNC(Cc1cccnc1)c1ccc(OC)cc1F. The number of hydrogen-bond donors (Lipinski definition) is 1. The second-order valence-electron chi connectivity index (χ2n) is 4.96. The van der Waals surface area contributed by atoms with E-state index < -0.39 is 0 Å². The molecule has 3 nitrogen and oxygen atoms in total. The highest BCUT2D eigenvalue weighted by Crippen LogP contribution is 2.24. The van der Waals surface area contributed by atoms with Crippen molar-refractivity contribution in [2.75, 3.05) is 13.7 Å². The summed E-state index contributed by atoms with van der Waals surface area (Å²) in [5.74, 6) is 0.290. The molecule has 1 heterocycles. The maximum absolute atomic E-state index is 14.3. The molecule has 1 atom stereocenters. The molecule has 0 fully saturated rings. The van der Waals surface area contributed by atoms with E-state index in [9.17, 15) is 4.39 Å². The molecule has 0 aliphatic heterocycles. The maximum Gasteiger partial charge on any atom is 0.131 e. The van der Waals surface area contributed by atoms with E-state index in [-0.39, 0.29) is 11.9 Å². The van der Waals surface area contributed by atoms with E-state index in [0.717, 1.165) is 18.5 Å². The minimum Gasteiger partial charge on any atom is -0.497 e. The summed E-state index contributed by atoms with van der Waals surface area (Å²) in [6.07, 6.45) is 5.27. The Kier molecular flexibility index (Phi) is 5.69. The topological polar surface area (TPSA) is 34.2 Å². The second-order valence-corrected chi connectivity index (χ2v) is 4.96. The van der Waals surface area contributed by atoms with Crippen LogP contribution in [0.5, 0.6) is 5.75 Å². The Balaban J connectivity index is 2.22. The monoisotopic (exact) mass is 288 g/mol. The Morgan fingerprint density at radius 1 is 1.33 bits per heavy atom. The number of rotatable bonds is 7. The van der Waals surface area contributed by atoms with Crippen molar-refractivity contribution in [3.63, 3.8) is 0 Å². The Bertz CT molecular complexity index is 560. The van der Waals surface area contributed by atoms with Crippen LogP contribution in [0, 0.1) is 5.82 Å². The van der Waals surface area contributed by atoms with E-state index in [1.807, 2.05) is 18.3 Å². The summed E-state index contributed by atoms with van der Waals surface area (Å²) >= 11 is 0. The molecule has 21 heavy (non-hydrogen) atoms. The first-order valence-corrected chi connectivity index (χ1v) is 7.20. The lowest BCUT2D eigenvalue weighted by Crippen LogP contribution is -2.25. The number of methoxy groups -OCH3 is 1. The zero-order valence-corrected chi connectivity index (χ0v) is 12.5. The van der Waals surface area contributed by atoms with Gasteiger partial charge in [-0.05, 0) is 37.1 Å². The molecule has 0 aliphatic carbocycles. The summed E-state index contributed by atoms with van der Waals surface area (Å²) in [6, 6.07) is 8.85. The van der Waals surface area contributed by atoms with Crippen LogP contribution < -0.4 is 10.1 Å². The lowest BCUT2D eigenvalue weighted by atomic mass is 9.99. The molecule has 4 heteroatoms. The van der Waals surface area contributed by atoms with Crippen molar-refractivity contribution < 1.29 is 9.13 Å². The highest BCUT2D eigenvalue weighted by atomic mass is 19.1. The van der Waals surface area contributed by atoms with E-state index >= 15 is 0 Å². The van der Waals surface area contributed by atoms with Crippen LogP contribution in [-0.4, -0.2) is 18.6 Å². The molecule has 0 bridgehead atoms. The van der Waals surface area contributed by atoms with Gasteiger partial charge in [0.15, 0.2) is 0 Å². The van der Waals surface area contributed by atoms with Crippen LogP contribution in [0.2, 0.25) is 0 Å². The largest absolute Gasteiger partial charge is 0.497 e. The number of pyridine rings is 1. The third kappa shape index (κ3) is 4.26. The molecule has 0 aliphatic rings. The maximum atomic E-state index is 14.3. The third-order valence-corrected chi connectivity index (χ3v) is 3.39. The molecule has 1 aromatic carbocycles. The number of hydrogen-bond acceptors (Lipinski definition) is 3. The first-order valence-electron chi connectivity index (χ1n) is 7.20. The molecule has 112 valence electrons. The van der Waals surface area contributed by atoms with Gasteiger partial charge in [-0.25, -0.2) is 4.39 Å². The zero-order chi connectivity index (χ0) is 15.1. The van der Waals surface area contributed by atoms with Crippen molar-refractivity contribution in [1.82, 2.24) is 10.3 Å². The van der Waals surface area contributed by atoms with E-state index in [0.29, 0.717) is 17.7 Å². The number of benzene rings is 1. The van der Waals surface area contributed by atoms with Gasteiger partial charge in [0.2, 0.25) is 0 Å². The number of nitrogens with zero attached hydrogens (tertiary/aromatic N) is 1. The first kappa shape index (κ1) is 15.4. The average Bonchev–Trinajstić information content (AvgIpc) is 2.52. The highest BCUT2D eigenvalue weighted by Gasteiger charge is 2.16. The summed E-state index contributed by atoms with van der Waals surface area (Å²) in [4.78, 5) is 4.12. The summed E-state index contributed by atoms with van der Waals surface area (Å²) in [6.45, 7) is 2.94. The summed E-state index contributed by atoms with van der Waals surface area (Å²) in [5, 5.41) is 3.40. The quantitative estimate of drug-likeness (QED) is 0.846. The first-order chi connectivity index (χ1) is 10.2. The lowest BCUT2D eigenvalue weighted by Gasteiger charge is -2.20. The molecular weight excluding hydrogens is 267 g/mol. The molecule has 0 saturated heterocycles. The number of halogens is 1. The lowest BCUT2D eigenvalue weighted by molar-refractivity contribution is 0.409. The molecule has 0 amide bonds. The van der Waals surface area contributed by atoms with Gasteiger partial charge < -0.3 is 10.1 Å². The van der Waals surface area contributed by atoms with Crippen LogP contribution in [0.1, 0.15) is 30.5 Å². The normalized spacial score (nSPS) is 12.1. The fraction of sp³-hybridized carbons (Fsp3) is 0.353. The van der Waals surface area contributed by atoms with E-state index in [1.165, 1.54) is 13.2 Å². The Morgan fingerprint density at radius 3 is 2.81 bits per heavy atom. The Labute approximate surface area is 125 Å². The molecule has 1 unspecified atom stereocenters. The molecule has 0 saturated carbocycles. The summed E-state index contributed by atoms with van der Waals surface area (Å²) in [7, 11) is 1.54. The van der Waals surface area contributed by atoms with Gasteiger partial charge in [-0.15, -0.1) is 0 Å². The summed E-state index contributed by atoms with van der Waals surface area (Å²) in [5.41, 5.74) is 1.74. The number of aromatic nitrogens is 1. The zero-order valence-electron chi connectivity index (χ0n) is 12.5. The molecule has 0 radical (unpaired) electrons. The van der Waals surface area contributed by atoms with Crippen LogP contribution in [-0.2, 0) is 6.42 Å².